The highest BCUT2D eigenvalue weighted by Gasteiger charge is 2.08. The van der Waals surface area contributed by atoms with Crippen LogP contribution in [0.2, 0.25) is 0 Å². The molecule has 0 unspecified atom stereocenters. The molecule has 2 N–H and O–H groups in total. The molecular weight excluding hydrogens is 166 g/mol. The van der Waals surface area contributed by atoms with E-state index in [2.05, 4.69) is 26.3 Å². The van der Waals surface area contributed by atoms with Crippen molar-refractivity contribution in [1.82, 2.24) is 15.0 Å². The molecule has 5 nitrogen and oxygen atoms in total. The predicted octanol–water partition coefficient (Wildman–Crippen LogP) is 0.871. The van der Waals surface area contributed by atoms with Crippen molar-refractivity contribution in [2.45, 2.75) is 0 Å². The average molecular weight is 173 g/mol. The van der Waals surface area contributed by atoms with E-state index in [0.717, 1.165) is 5.39 Å². The molecule has 2 heterocycles. The van der Waals surface area contributed by atoms with Crippen molar-refractivity contribution in [3.05, 3.63) is 18.1 Å². The molecule has 0 radical (unpaired) electrons. The Bertz CT molecular complexity index is 479. The number of rotatable bonds is 1. The van der Waals surface area contributed by atoms with E-state index >= 15 is 0 Å². The molecule has 0 atom stereocenters. The Morgan fingerprint density at radius 2 is 2.38 bits per heavy atom. The van der Waals surface area contributed by atoms with Crippen LogP contribution in [0, 0.1) is 11.3 Å². The van der Waals surface area contributed by atoms with Crippen LogP contribution in [0.5, 0.6) is 0 Å². The molecule has 13 heavy (non-hydrogen) atoms. The second kappa shape index (κ2) is 2.75. The molecule has 2 rings (SSSR count). The van der Waals surface area contributed by atoms with Crippen LogP contribution in [0.4, 0.5) is 5.82 Å². The maximum Gasteiger partial charge on any atom is 0.144 e. The lowest BCUT2D eigenvalue weighted by molar-refractivity contribution is 1.19. The maximum absolute atomic E-state index is 8.79. The van der Waals surface area contributed by atoms with Gasteiger partial charge < -0.3 is 10.3 Å². The second-order valence-corrected chi connectivity index (χ2v) is 2.51. The van der Waals surface area contributed by atoms with E-state index in [1.54, 1.807) is 13.2 Å². The molecule has 0 aliphatic heterocycles. The third-order valence-electron chi connectivity index (χ3n) is 1.83. The molecular formula is C8H7N5. The van der Waals surface area contributed by atoms with Crippen molar-refractivity contribution in [1.29, 1.82) is 5.26 Å². The van der Waals surface area contributed by atoms with Crippen molar-refractivity contribution in [2.24, 2.45) is 0 Å². The summed E-state index contributed by atoms with van der Waals surface area (Å²) in [6.45, 7) is 0. The highest BCUT2D eigenvalue weighted by atomic mass is 15.0. The van der Waals surface area contributed by atoms with Gasteiger partial charge in [-0.1, -0.05) is 0 Å². The monoisotopic (exact) mass is 173 g/mol. The highest BCUT2D eigenvalue weighted by Crippen LogP contribution is 2.21. The molecule has 0 amide bonds. The number of fused-ring (bicyclic) bond motifs is 1. The number of anilines is 1. The van der Waals surface area contributed by atoms with Crippen molar-refractivity contribution in [3.63, 3.8) is 0 Å². The molecule has 0 spiro atoms. The van der Waals surface area contributed by atoms with Crippen LogP contribution in [0.1, 0.15) is 5.56 Å². The molecule has 0 aromatic carbocycles. The lowest BCUT2D eigenvalue weighted by atomic mass is 10.2. The maximum atomic E-state index is 8.79. The van der Waals surface area contributed by atoms with Crippen molar-refractivity contribution >= 4 is 16.9 Å². The normalized spacial score (nSPS) is 9.85. The first-order valence-electron chi connectivity index (χ1n) is 3.76. The Hall–Kier alpha value is -2.09. The summed E-state index contributed by atoms with van der Waals surface area (Å²) in [5.41, 5.74) is 1.23. The summed E-state index contributed by atoms with van der Waals surface area (Å²) in [7, 11) is 1.76. The van der Waals surface area contributed by atoms with Crippen LogP contribution < -0.4 is 5.32 Å². The number of nitriles is 1. The van der Waals surface area contributed by atoms with Gasteiger partial charge in [0.15, 0.2) is 0 Å². The van der Waals surface area contributed by atoms with Crippen LogP contribution in [-0.2, 0) is 0 Å². The van der Waals surface area contributed by atoms with E-state index in [4.69, 9.17) is 5.26 Å². The Morgan fingerprint density at radius 1 is 1.54 bits per heavy atom. The minimum atomic E-state index is 0.556. The quantitative estimate of drug-likeness (QED) is 0.670. The zero-order chi connectivity index (χ0) is 9.26. The number of aromatic nitrogens is 3. The molecule has 0 fully saturated rings. The number of aromatic amines is 1. The average Bonchev–Trinajstić information content (AvgIpc) is 2.60. The lowest BCUT2D eigenvalue weighted by Gasteiger charge is -1.98. The van der Waals surface area contributed by atoms with E-state index in [1.807, 2.05) is 0 Å². The summed E-state index contributed by atoms with van der Waals surface area (Å²) in [5.74, 6) is 0.669. The van der Waals surface area contributed by atoms with E-state index in [9.17, 15) is 0 Å². The van der Waals surface area contributed by atoms with E-state index in [0.29, 0.717) is 17.0 Å². The number of hydrogen-bond acceptors (Lipinski definition) is 4. The standard InChI is InChI=1S/C8H7N5/c1-10-7-6-5(2-9)3-11-8(6)13-4-12-7/h3-4H,1H3,(H2,10,11,12,13). The van der Waals surface area contributed by atoms with Crippen molar-refractivity contribution in [2.75, 3.05) is 12.4 Å². The van der Waals surface area contributed by atoms with Gasteiger partial charge in [-0.05, 0) is 0 Å². The fraction of sp³-hybridized carbons (Fsp3) is 0.125. The predicted molar refractivity (Wildman–Crippen MR) is 48.2 cm³/mol. The largest absolute Gasteiger partial charge is 0.372 e. The van der Waals surface area contributed by atoms with Crippen molar-refractivity contribution < 1.29 is 0 Å². The Kier molecular flexibility index (Phi) is 1.60. The Balaban J connectivity index is 2.85. The summed E-state index contributed by atoms with van der Waals surface area (Å²) >= 11 is 0. The first-order valence-corrected chi connectivity index (χ1v) is 3.76. The minimum Gasteiger partial charge on any atom is -0.372 e. The number of nitrogens with one attached hydrogen (secondary N) is 2. The molecule has 5 heteroatoms. The van der Waals surface area contributed by atoms with Gasteiger partial charge in [0.05, 0.1) is 10.9 Å². The van der Waals surface area contributed by atoms with E-state index in [-0.39, 0.29) is 0 Å². The Labute approximate surface area is 74.4 Å². The zero-order valence-electron chi connectivity index (χ0n) is 7.00. The second-order valence-electron chi connectivity index (χ2n) is 2.51. The van der Waals surface area contributed by atoms with Gasteiger partial charge in [-0.15, -0.1) is 0 Å². The van der Waals surface area contributed by atoms with Crippen LogP contribution in [0.25, 0.3) is 11.0 Å². The summed E-state index contributed by atoms with van der Waals surface area (Å²) in [6.07, 6.45) is 3.08. The molecule has 0 bridgehead atoms. The van der Waals surface area contributed by atoms with E-state index < -0.39 is 0 Å². The molecule has 0 saturated carbocycles. The fourth-order valence-electron chi connectivity index (χ4n) is 1.24. The summed E-state index contributed by atoms with van der Waals surface area (Å²) in [6, 6.07) is 2.07. The van der Waals surface area contributed by atoms with Crippen LogP contribution >= 0.6 is 0 Å². The molecule has 2 aromatic heterocycles. The van der Waals surface area contributed by atoms with Gasteiger partial charge in [0.1, 0.15) is 23.9 Å². The molecule has 64 valence electrons. The first-order chi connectivity index (χ1) is 6.36. The van der Waals surface area contributed by atoms with Crippen LogP contribution in [-0.4, -0.2) is 22.0 Å². The van der Waals surface area contributed by atoms with Gasteiger partial charge in [0.2, 0.25) is 0 Å². The number of hydrogen-bond donors (Lipinski definition) is 2. The van der Waals surface area contributed by atoms with Gasteiger partial charge >= 0.3 is 0 Å². The summed E-state index contributed by atoms with van der Waals surface area (Å²) in [4.78, 5) is 10.9. The van der Waals surface area contributed by atoms with E-state index in [1.165, 1.54) is 6.33 Å². The van der Waals surface area contributed by atoms with Crippen LogP contribution in [0.3, 0.4) is 0 Å². The molecule has 0 aliphatic rings. The van der Waals surface area contributed by atoms with Gasteiger partial charge in [-0.2, -0.15) is 5.26 Å². The number of nitrogens with zero attached hydrogens (tertiary/aromatic N) is 3. The summed E-state index contributed by atoms with van der Waals surface area (Å²) in [5, 5.41) is 12.4. The summed E-state index contributed by atoms with van der Waals surface area (Å²) < 4.78 is 0. The van der Waals surface area contributed by atoms with Gasteiger partial charge in [0, 0.05) is 13.2 Å². The third-order valence-corrected chi connectivity index (χ3v) is 1.83. The van der Waals surface area contributed by atoms with Gasteiger partial charge in [0.25, 0.3) is 0 Å². The van der Waals surface area contributed by atoms with Gasteiger partial charge in [-0.25, -0.2) is 9.97 Å². The number of H-pyrrole nitrogens is 1. The molecule has 0 aliphatic carbocycles. The smallest absolute Gasteiger partial charge is 0.144 e. The molecule has 2 aromatic rings. The SMILES string of the molecule is CNc1ncnc2[nH]cc(C#N)c12. The van der Waals surface area contributed by atoms with Gasteiger partial charge in [-0.3, -0.25) is 0 Å². The topological polar surface area (TPSA) is 77.4 Å². The Morgan fingerprint density at radius 3 is 3.08 bits per heavy atom. The van der Waals surface area contributed by atoms with Crippen molar-refractivity contribution in [3.8, 4) is 6.07 Å². The highest BCUT2D eigenvalue weighted by molar-refractivity contribution is 5.92. The lowest BCUT2D eigenvalue weighted by Crippen LogP contribution is -1.94. The zero-order valence-corrected chi connectivity index (χ0v) is 7.00. The third kappa shape index (κ3) is 0.999. The van der Waals surface area contributed by atoms with Crippen LogP contribution in [0.15, 0.2) is 12.5 Å². The molecule has 0 saturated heterocycles. The first kappa shape index (κ1) is 7.55. The fourth-order valence-corrected chi connectivity index (χ4v) is 1.24. The minimum absolute atomic E-state index is 0.556.